The predicted molar refractivity (Wildman–Crippen MR) is 141 cm³/mol. The van der Waals surface area contributed by atoms with E-state index in [1.54, 1.807) is 30.3 Å². The summed E-state index contributed by atoms with van der Waals surface area (Å²) in [7, 11) is 1.15. The Morgan fingerprint density at radius 2 is 1.77 bits per heavy atom. The molecule has 0 aliphatic carbocycles. The third kappa shape index (κ3) is 6.21. The maximum Gasteiger partial charge on any atom is 0.420 e. The van der Waals surface area contributed by atoms with Gasteiger partial charge in [-0.25, -0.2) is 14.8 Å². The highest BCUT2D eigenvalue weighted by molar-refractivity contribution is 5.98. The third-order valence-electron chi connectivity index (χ3n) is 5.92. The Morgan fingerprint density at radius 3 is 2.55 bits per heavy atom. The van der Waals surface area contributed by atoms with Crippen LogP contribution in [0.3, 0.4) is 0 Å². The van der Waals surface area contributed by atoms with E-state index in [-0.39, 0.29) is 18.0 Å². The Labute approximate surface area is 227 Å². The summed E-state index contributed by atoms with van der Waals surface area (Å²) in [6.07, 6.45) is -1.73. The average Bonchev–Trinajstić information content (AvgIpc) is 3.37. The normalized spacial score (nSPS) is 11.4. The lowest BCUT2D eigenvalue weighted by molar-refractivity contribution is -0.138. The molecule has 0 aliphatic heterocycles. The van der Waals surface area contributed by atoms with Crippen LogP contribution in [0.2, 0.25) is 0 Å². The molecule has 11 heteroatoms. The highest BCUT2D eigenvalue weighted by atomic mass is 19.4. The zero-order chi connectivity index (χ0) is 28.1. The second-order valence-electron chi connectivity index (χ2n) is 8.68. The molecule has 40 heavy (non-hydrogen) atoms. The van der Waals surface area contributed by atoms with Crippen LogP contribution in [0.1, 0.15) is 16.8 Å². The smallest absolute Gasteiger partial charge is 0.420 e. The van der Waals surface area contributed by atoms with Gasteiger partial charge in [-0.3, -0.25) is 4.57 Å². The Hall–Kier alpha value is -4.90. The first-order valence-electron chi connectivity index (χ1n) is 12.1. The number of alkyl halides is 3. The molecule has 0 unspecified atom stereocenters. The second-order valence-corrected chi connectivity index (χ2v) is 8.68. The van der Waals surface area contributed by atoms with Crippen molar-refractivity contribution >= 4 is 22.6 Å². The lowest BCUT2D eigenvalue weighted by atomic mass is 10.1. The number of methoxy groups -OCH3 is 1. The van der Waals surface area contributed by atoms with Crippen molar-refractivity contribution in [2.45, 2.75) is 19.4 Å². The van der Waals surface area contributed by atoms with E-state index in [1.807, 2.05) is 30.3 Å². The SMILES string of the molecule is COc1ccc(NC(=O)n2ccc3cc(Oc4cc(COCc5ccccc5)ncn4)ccc32)cc1C(F)(F)F. The Balaban J connectivity index is 1.26. The molecule has 0 spiro atoms. The minimum absolute atomic E-state index is 0.0211. The summed E-state index contributed by atoms with van der Waals surface area (Å²) in [5.41, 5.74) is 1.23. The highest BCUT2D eigenvalue weighted by Crippen LogP contribution is 2.37. The Morgan fingerprint density at radius 1 is 0.950 bits per heavy atom. The van der Waals surface area contributed by atoms with Gasteiger partial charge in [0, 0.05) is 23.3 Å². The first-order valence-corrected chi connectivity index (χ1v) is 12.1. The van der Waals surface area contributed by atoms with Crippen molar-refractivity contribution in [1.29, 1.82) is 0 Å². The van der Waals surface area contributed by atoms with Crippen molar-refractivity contribution in [3.63, 3.8) is 0 Å². The average molecular weight is 549 g/mol. The van der Waals surface area contributed by atoms with Crippen LogP contribution in [-0.2, 0) is 24.1 Å². The van der Waals surface area contributed by atoms with Gasteiger partial charge in [0.2, 0.25) is 5.88 Å². The Bertz CT molecular complexity index is 1640. The van der Waals surface area contributed by atoms with E-state index < -0.39 is 17.8 Å². The van der Waals surface area contributed by atoms with Crippen molar-refractivity contribution in [1.82, 2.24) is 14.5 Å². The van der Waals surface area contributed by atoms with Gasteiger partial charge in [0.05, 0.1) is 37.1 Å². The van der Waals surface area contributed by atoms with Gasteiger partial charge in [-0.15, -0.1) is 0 Å². The quantitative estimate of drug-likeness (QED) is 0.224. The fraction of sp³-hybridized carbons (Fsp3) is 0.138. The molecule has 3 aromatic carbocycles. The first-order chi connectivity index (χ1) is 19.3. The second kappa shape index (κ2) is 11.5. The van der Waals surface area contributed by atoms with Crippen LogP contribution in [0, 0.1) is 0 Å². The van der Waals surface area contributed by atoms with Gasteiger partial charge in [-0.1, -0.05) is 30.3 Å². The molecule has 0 atom stereocenters. The lowest BCUT2D eigenvalue weighted by Crippen LogP contribution is -2.19. The van der Waals surface area contributed by atoms with Crippen LogP contribution in [0.15, 0.2) is 91.4 Å². The van der Waals surface area contributed by atoms with Gasteiger partial charge in [0.25, 0.3) is 0 Å². The predicted octanol–water partition coefficient (Wildman–Crippen LogP) is 7.05. The molecule has 204 valence electrons. The number of anilines is 1. The van der Waals surface area contributed by atoms with E-state index >= 15 is 0 Å². The van der Waals surface area contributed by atoms with E-state index in [1.165, 1.54) is 23.2 Å². The van der Waals surface area contributed by atoms with E-state index in [0.29, 0.717) is 34.8 Å². The minimum Gasteiger partial charge on any atom is -0.496 e. The van der Waals surface area contributed by atoms with Crippen molar-refractivity contribution in [2.75, 3.05) is 12.4 Å². The lowest BCUT2D eigenvalue weighted by Gasteiger charge is -2.14. The monoisotopic (exact) mass is 548 g/mol. The maximum absolute atomic E-state index is 13.3. The van der Waals surface area contributed by atoms with Crippen LogP contribution >= 0.6 is 0 Å². The van der Waals surface area contributed by atoms with Crippen LogP contribution < -0.4 is 14.8 Å². The fourth-order valence-electron chi connectivity index (χ4n) is 4.03. The molecule has 2 aromatic heterocycles. The number of rotatable bonds is 8. The molecule has 1 amide bonds. The van der Waals surface area contributed by atoms with Gasteiger partial charge in [0.15, 0.2) is 0 Å². The van der Waals surface area contributed by atoms with E-state index in [2.05, 4.69) is 15.3 Å². The largest absolute Gasteiger partial charge is 0.496 e. The Kier molecular flexibility index (Phi) is 7.65. The number of hydrogen-bond donors (Lipinski definition) is 1. The number of hydrogen-bond acceptors (Lipinski definition) is 6. The zero-order valence-corrected chi connectivity index (χ0v) is 21.2. The summed E-state index contributed by atoms with van der Waals surface area (Å²) in [6, 6.07) is 20.9. The maximum atomic E-state index is 13.3. The molecule has 0 saturated heterocycles. The molecule has 0 aliphatic rings. The highest BCUT2D eigenvalue weighted by Gasteiger charge is 2.34. The number of ether oxygens (including phenoxy) is 3. The van der Waals surface area contributed by atoms with Crippen LogP contribution in [0.5, 0.6) is 17.4 Å². The summed E-state index contributed by atoms with van der Waals surface area (Å²) in [4.78, 5) is 21.2. The van der Waals surface area contributed by atoms with Gasteiger partial charge < -0.3 is 19.5 Å². The molecule has 0 bridgehead atoms. The number of carbonyl (C=O) groups excluding carboxylic acids is 1. The summed E-state index contributed by atoms with van der Waals surface area (Å²) in [5, 5.41) is 3.18. The molecule has 5 rings (SSSR count). The standard InChI is InChI=1S/C29H23F3N4O4/c1-38-26-10-7-21(14-24(26)29(30,31)32)35-28(37)36-12-11-20-13-23(8-9-25(20)36)40-27-15-22(33-18-34-27)17-39-16-19-5-3-2-4-6-19/h2-15,18H,16-17H2,1H3,(H,35,37). The van der Waals surface area contributed by atoms with E-state index in [9.17, 15) is 18.0 Å². The van der Waals surface area contributed by atoms with Crippen molar-refractivity contribution in [2.24, 2.45) is 0 Å². The van der Waals surface area contributed by atoms with Gasteiger partial charge in [0.1, 0.15) is 17.8 Å². The number of carbonyl (C=O) groups is 1. The molecule has 0 radical (unpaired) electrons. The first kappa shape index (κ1) is 26.7. The summed E-state index contributed by atoms with van der Waals surface area (Å²) in [6.45, 7) is 0.730. The van der Waals surface area contributed by atoms with E-state index in [0.717, 1.165) is 24.8 Å². The summed E-state index contributed by atoms with van der Waals surface area (Å²) < 4.78 is 57.7. The number of nitrogens with one attached hydrogen (secondary N) is 1. The van der Waals surface area contributed by atoms with Gasteiger partial charge in [-0.05, 0) is 48.0 Å². The molecule has 5 aromatic rings. The molecule has 0 saturated carbocycles. The molecular weight excluding hydrogens is 525 g/mol. The van der Waals surface area contributed by atoms with Crippen molar-refractivity contribution in [3.05, 3.63) is 108 Å². The molecule has 1 N–H and O–H groups in total. The number of halogens is 3. The number of benzene rings is 3. The molecular formula is C29H23F3N4O4. The summed E-state index contributed by atoms with van der Waals surface area (Å²) >= 11 is 0. The van der Waals surface area contributed by atoms with E-state index in [4.69, 9.17) is 14.2 Å². The minimum atomic E-state index is -4.64. The number of fused-ring (bicyclic) bond motifs is 1. The zero-order valence-electron chi connectivity index (χ0n) is 21.2. The van der Waals surface area contributed by atoms with Crippen LogP contribution in [0.4, 0.5) is 23.7 Å². The third-order valence-corrected chi connectivity index (χ3v) is 5.92. The van der Waals surface area contributed by atoms with Gasteiger partial charge in [-0.2, -0.15) is 13.2 Å². The topological polar surface area (TPSA) is 87.5 Å². The molecule has 2 heterocycles. The summed E-state index contributed by atoms with van der Waals surface area (Å²) in [5.74, 6) is 0.468. The van der Waals surface area contributed by atoms with Crippen LogP contribution in [0.25, 0.3) is 10.9 Å². The van der Waals surface area contributed by atoms with Crippen molar-refractivity contribution < 1.29 is 32.2 Å². The van der Waals surface area contributed by atoms with Crippen molar-refractivity contribution in [3.8, 4) is 17.4 Å². The number of amides is 1. The molecule has 0 fully saturated rings. The fourth-order valence-corrected chi connectivity index (χ4v) is 4.03. The van der Waals surface area contributed by atoms with Gasteiger partial charge >= 0.3 is 12.2 Å². The van der Waals surface area contributed by atoms with Crippen LogP contribution in [-0.4, -0.2) is 27.7 Å². The number of aromatic nitrogens is 3. The number of nitrogens with zero attached hydrogens (tertiary/aromatic N) is 3. The molecule has 8 nitrogen and oxygen atoms in total.